The van der Waals surface area contributed by atoms with Gasteiger partial charge in [0.15, 0.2) is 0 Å². The summed E-state index contributed by atoms with van der Waals surface area (Å²) in [5, 5.41) is 9.72. The zero-order valence-electron chi connectivity index (χ0n) is 13.0. The van der Waals surface area contributed by atoms with Gasteiger partial charge in [0.05, 0.1) is 23.5 Å². The molecule has 1 aliphatic rings. The molecule has 5 nitrogen and oxygen atoms in total. The average Bonchev–Trinajstić information content (AvgIpc) is 2.96. The van der Waals surface area contributed by atoms with Crippen LogP contribution in [-0.4, -0.2) is 44.7 Å². The first-order chi connectivity index (χ1) is 10.6. The van der Waals surface area contributed by atoms with Crippen molar-refractivity contribution in [1.29, 1.82) is 0 Å². The second kappa shape index (κ2) is 6.48. The number of nitrogens with zero attached hydrogens (tertiary/aromatic N) is 3. The van der Waals surface area contributed by atoms with Crippen LogP contribution in [-0.2, 0) is 11.3 Å². The van der Waals surface area contributed by atoms with Crippen LogP contribution in [0.2, 0.25) is 0 Å². The lowest BCUT2D eigenvalue weighted by Crippen LogP contribution is -2.43. The summed E-state index contributed by atoms with van der Waals surface area (Å²) in [6.45, 7) is 3.96. The van der Waals surface area contributed by atoms with Crippen molar-refractivity contribution < 1.29 is 9.90 Å². The highest BCUT2D eigenvalue weighted by Gasteiger charge is 2.26. The van der Waals surface area contributed by atoms with Gasteiger partial charge >= 0.3 is 0 Å². The second-order valence-electron chi connectivity index (χ2n) is 6.16. The van der Waals surface area contributed by atoms with E-state index in [9.17, 15) is 9.90 Å². The molecule has 1 fully saturated rings. The molecule has 3 rings (SSSR count). The van der Waals surface area contributed by atoms with Crippen molar-refractivity contribution in [2.75, 3.05) is 13.1 Å². The molecule has 0 saturated carbocycles. The summed E-state index contributed by atoms with van der Waals surface area (Å²) in [6.07, 6.45) is 3.93. The van der Waals surface area contributed by atoms with Gasteiger partial charge in [-0.15, -0.1) is 0 Å². The van der Waals surface area contributed by atoms with Crippen LogP contribution in [0.3, 0.4) is 0 Å². The maximum absolute atomic E-state index is 12.4. The van der Waals surface area contributed by atoms with Gasteiger partial charge in [-0.25, -0.2) is 4.98 Å². The number of aryl methyl sites for hydroxylation is 1. The number of aliphatic hydroxyl groups is 1. The van der Waals surface area contributed by atoms with Crippen LogP contribution in [0, 0.1) is 5.92 Å². The molecule has 1 aliphatic heterocycles. The van der Waals surface area contributed by atoms with E-state index < -0.39 is 0 Å². The number of amides is 1. The molecule has 1 amide bonds. The SMILES string of the molecule is CC(O)C1CCCN(C(=O)CCn2cnc3ccccc32)C1. The predicted octanol–water partition coefficient (Wildman–Crippen LogP) is 2.05. The van der Waals surface area contributed by atoms with E-state index in [1.165, 1.54) is 0 Å². The van der Waals surface area contributed by atoms with Gasteiger partial charge in [-0.2, -0.15) is 0 Å². The summed E-state index contributed by atoms with van der Waals surface area (Å²) < 4.78 is 2.03. The number of fused-ring (bicyclic) bond motifs is 1. The lowest BCUT2D eigenvalue weighted by molar-refractivity contribution is -0.134. The molecule has 2 unspecified atom stereocenters. The number of likely N-dealkylation sites (tertiary alicyclic amines) is 1. The number of rotatable bonds is 4. The summed E-state index contributed by atoms with van der Waals surface area (Å²) in [4.78, 5) is 18.7. The van der Waals surface area contributed by atoms with Crippen molar-refractivity contribution in [2.45, 2.75) is 38.8 Å². The standard InChI is InChI=1S/C17H23N3O2/c1-13(21)14-5-4-9-19(11-14)17(22)8-10-20-12-18-15-6-2-3-7-16(15)20/h2-3,6-7,12-14,21H,4-5,8-11H2,1H3. The Hall–Kier alpha value is -1.88. The number of benzene rings is 1. The number of para-hydroxylation sites is 2. The lowest BCUT2D eigenvalue weighted by Gasteiger charge is -2.34. The minimum Gasteiger partial charge on any atom is -0.393 e. The minimum atomic E-state index is -0.340. The first-order valence-electron chi connectivity index (χ1n) is 8.01. The topological polar surface area (TPSA) is 58.4 Å². The third-order valence-electron chi connectivity index (χ3n) is 4.59. The predicted molar refractivity (Wildman–Crippen MR) is 85.3 cm³/mol. The fourth-order valence-corrected chi connectivity index (χ4v) is 3.19. The van der Waals surface area contributed by atoms with Crippen molar-refractivity contribution in [2.24, 2.45) is 5.92 Å². The Labute approximate surface area is 130 Å². The van der Waals surface area contributed by atoms with Crippen LogP contribution in [0.15, 0.2) is 30.6 Å². The number of piperidine rings is 1. The smallest absolute Gasteiger partial charge is 0.224 e. The van der Waals surface area contributed by atoms with Gasteiger partial charge in [-0.05, 0) is 31.9 Å². The van der Waals surface area contributed by atoms with Crippen molar-refractivity contribution >= 4 is 16.9 Å². The largest absolute Gasteiger partial charge is 0.393 e. The summed E-state index contributed by atoms with van der Waals surface area (Å²) in [5.41, 5.74) is 2.03. The molecular weight excluding hydrogens is 278 g/mol. The number of carbonyl (C=O) groups is 1. The van der Waals surface area contributed by atoms with E-state index in [0.717, 1.165) is 30.4 Å². The van der Waals surface area contributed by atoms with Gasteiger partial charge in [-0.1, -0.05) is 12.1 Å². The Morgan fingerprint density at radius 1 is 1.45 bits per heavy atom. The molecule has 0 bridgehead atoms. The van der Waals surface area contributed by atoms with E-state index in [1.54, 1.807) is 6.33 Å². The third kappa shape index (κ3) is 3.14. The number of imidazole rings is 1. The molecule has 1 aromatic carbocycles. The van der Waals surface area contributed by atoms with Crippen LogP contribution >= 0.6 is 0 Å². The maximum atomic E-state index is 12.4. The number of carbonyl (C=O) groups excluding carboxylic acids is 1. The van der Waals surface area contributed by atoms with Crippen molar-refractivity contribution in [3.05, 3.63) is 30.6 Å². The molecule has 22 heavy (non-hydrogen) atoms. The molecule has 0 spiro atoms. The highest BCUT2D eigenvalue weighted by molar-refractivity contribution is 5.77. The van der Waals surface area contributed by atoms with E-state index in [-0.39, 0.29) is 17.9 Å². The van der Waals surface area contributed by atoms with Gasteiger partial charge in [0.1, 0.15) is 0 Å². The van der Waals surface area contributed by atoms with Crippen LogP contribution in [0.4, 0.5) is 0 Å². The number of aromatic nitrogens is 2. The lowest BCUT2D eigenvalue weighted by atomic mass is 9.93. The Morgan fingerprint density at radius 3 is 3.09 bits per heavy atom. The van der Waals surface area contributed by atoms with Crippen LogP contribution in [0.25, 0.3) is 11.0 Å². The minimum absolute atomic E-state index is 0.170. The molecule has 1 N–H and O–H groups in total. The van der Waals surface area contributed by atoms with E-state index in [2.05, 4.69) is 4.98 Å². The molecular formula is C17H23N3O2. The van der Waals surface area contributed by atoms with Crippen LogP contribution in [0.5, 0.6) is 0 Å². The van der Waals surface area contributed by atoms with E-state index >= 15 is 0 Å². The zero-order chi connectivity index (χ0) is 15.5. The van der Waals surface area contributed by atoms with Crippen molar-refractivity contribution in [1.82, 2.24) is 14.5 Å². The Kier molecular flexibility index (Phi) is 4.43. The third-order valence-corrected chi connectivity index (χ3v) is 4.59. The van der Waals surface area contributed by atoms with E-state index in [0.29, 0.717) is 19.5 Å². The van der Waals surface area contributed by atoms with Crippen molar-refractivity contribution in [3.8, 4) is 0 Å². The Bertz CT molecular complexity index is 650. The zero-order valence-corrected chi connectivity index (χ0v) is 13.0. The molecule has 2 aromatic rings. The summed E-state index contributed by atoms with van der Waals surface area (Å²) in [7, 11) is 0. The van der Waals surface area contributed by atoms with Gasteiger partial charge in [0.25, 0.3) is 0 Å². The molecule has 2 heterocycles. The molecule has 118 valence electrons. The Morgan fingerprint density at radius 2 is 2.27 bits per heavy atom. The Balaban J connectivity index is 1.60. The summed E-state index contributed by atoms with van der Waals surface area (Å²) in [5.74, 6) is 0.384. The van der Waals surface area contributed by atoms with Gasteiger partial charge in [-0.3, -0.25) is 4.79 Å². The van der Waals surface area contributed by atoms with E-state index in [4.69, 9.17) is 0 Å². The fourth-order valence-electron chi connectivity index (χ4n) is 3.19. The van der Waals surface area contributed by atoms with Gasteiger partial charge in [0, 0.05) is 32.0 Å². The number of aliphatic hydroxyl groups excluding tert-OH is 1. The van der Waals surface area contributed by atoms with E-state index in [1.807, 2.05) is 40.7 Å². The highest BCUT2D eigenvalue weighted by Crippen LogP contribution is 2.20. The molecule has 0 aliphatic carbocycles. The molecule has 5 heteroatoms. The molecule has 1 saturated heterocycles. The maximum Gasteiger partial charge on any atom is 0.224 e. The number of hydrogen-bond donors (Lipinski definition) is 1. The quantitative estimate of drug-likeness (QED) is 0.940. The monoisotopic (exact) mass is 301 g/mol. The van der Waals surface area contributed by atoms with Crippen molar-refractivity contribution in [3.63, 3.8) is 0 Å². The summed E-state index contributed by atoms with van der Waals surface area (Å²) in [6, 6.07) is 7.96. The summed E-state index contributed by atoms with van der Waals surface area (Å²) >= 11 is 0. The highest BCUT2D eigenvalue weighted by atomic mass is 16.3. The van der Waals surface area contributed by atoms with Gasteiger partial charge in [0.2, 0.25) is 5.91 Å². The van der Waals surface area contributed by atoms with Crippen LogP contribution < -0.4 is 0 Å². The first kappa shape index (κ1) is 15.0. The first-order valence-corrected chi connectivity index (χ1v) is 8.01. The second-order valence-corrected chi connectivity index (χ2v) is 6.16. The molecule has 0 radical (unpaired) electrons. The van der Waals surface area contributed by atoms with Gasteiger partial charge < -0.3 is 14.6 Å². The van der Waals surface area contributed by atoms with Crippen LogP contribution in [0.1, 0.15) is 26.2 Å². The fraction of sp³-hybridized carbons (Fsp3) is 0.529. The number of hydrogen-bond acceptors (Lipinski definition) is 3. The normalized spacial score (nSPS) is 20.3. The molecule has 2 atom stereocenters. The average molecular weight is 301 g/mol. The molecule has 1 aromatic heterocycles.